The first kappa shape index (κ1) is 17.3. The van der Waals surface area contributed by atoms with Crippen LogP contribution in [0.4, 0.5) is 0 Å². The lowest BCUT2D eigenvalue weighted by molar-refractivity contribution is -0.121. The molecule has 1 atom stereocenters. The van der Waals surface area contributed by atoms with Crippen LogP contribution < -0.4 is 20.1 Å². The Morgan fingerprint density at radius 2 is 2.08 bits per heavy atom. The quantitative estimate of drug-likeness (QED) is 0.745. The Morgan fingerprint density at radius 3 is 2.88 bits per heavy atom. The van der Waals surface area contributed by atoms with Gasteiger partial charge in [0.15, 0.2) is 11.5 Å². The van der Waals surface area contributed by atoms with Crippen LogP contribution in [0.2, 0.25) is 0 Å². The van der Waals surface area contributed by atoms with Gasteiger partial charge < -0.3 is 20.1 Å². The highest BCUT2D eigenvalue weighted by Gasteiger charge is 2.16. The maximum atomic E-state index is 12.1. The third-order valence-electron chi connectivity index (χ3n) is 3.89. The zero-order valence-corrected chi connectivity index (χ0v) is 14.7. The van der Waals surface area contributed by atoms with Crippen LogP contribution >= 0.6 is 11.3 Å². The summed E-state index contributed by atoms with van der Waals surface area (Å²) in [4.78, 5) is 24.5. The van der Waals surface area contributed by atoms with E-state index in [9.17, 15) is 9.59 Å². The van der Waals surface area contributed by atoms with Crippen molar-refractivity contribution < 1.29 is 19.1 Å². The molecule has 3 rings (SSSR count). The normalized spacial score (nSPS) is 13.3. The highest BCUT2D eigenvalue weighted by Crippen LogP contribution is 2.34. The van der Waals surface area contributed by atoms with Crippen LogP contribution in [0.1, 0.15) is 41.0 Å². The smallest absolute Gasteiger partial charge is 0.261 e. The number of nitrogens with one attached hydrogen (secondary N) is 2. The fourth-order valence-corrected chi connectivity index (χ4v) is 3.17. The van der Waals surface area contributed by atoms with Crippen molar-refractivity contribution in [3.05, 3.63) is 46.2 Å². The summed E-state index contributed by atoms with van der Waals surface area (Å²) in [6, 6.07) is 9.14. The summed E-state index contributed by atoms with van der Waals surface area (Å²) in [5.41, 5.74) is 0.962. The summed E-state index contributed by atoms with van der Waals surface area (Å²) in [6.45, 7) is 2.63. The Balaban J connectivity index is 1.39. The maximum absolute atomic E-state index is 12.1. The van der Waals surface area contributed by atoms with Crippen molar-refractivity contribution in [2.45, 2.75) is 25.8 Å². The predicted molar refractivity (Wildman–Crippen MR) is 95.0 cm³/mol. The minimum atomic E-state index is -0.122. The van der Waals surface area contributed by atoms with Gasteiger partial charge in [-0.15, -0.1) is 11.3 Å². The molecule has 0 spiro atoms. The molecule has 2 heterocycles. The van der Waals surface area contributed by atoms with Gasteiger partial charge in [0.05, 0.1) is 10.9 Å². The lowest BCUT2D eigenvalue weighted by atomic mass is 10.1. The summed E-state index contributed by atoms with van der Waals surface area (Å²) >= 11 is 1.40. The van der Waals surface area contributed by atoms with Gasteiger partial charge in [-0.05, 0) is 42.5 Å². The fourth-order valence-electron chi connectivity index (χ4n) is 2.53. The van der Waals surface area contributed by atoms with E-state index < -0.39 is 0 Å². The van der Waals surface area contributed by atoms with E-state index in [4.69, 9.17) is 9.47 Å². The van der Waals surface area contributed by atoms with Crippen LogP contribution in [0.5, 0.6) is 11.5 Å². The van der Waals surface area contributed by atoms with Gasteiger partial charge in [0, 0.05) is 13.0 Å². The Bertz CT molecular complexity index is 746. The molecule has 132 valence electrons. The zero-order chi connectivity index (χ0) is 17.6. The van der Waals surface area contributed by atoms with Crippen molar-refractivity contribution in [2.24, 2.45) is 0 Å². The van der Waals surface area contributed by atoms with E-state index >= 15 is 0 Å². The largest absolute Gasteiger partial charge is 0.454 e. The van der Waals surface area contributed by atoms with Crippen LogP contribution in [0.25, 0.3) is 0 Å². The molecule has 0 saturated carbocycles. The van der Waals surface area contributed by atoms with Gasteiger partial charge in [0.25, 0.3) is 5.91 Å². The second-order valence-electron chi connectivity index (χ2n) is 5.74. The van der Waals surface area contributed by atoms with Crippen molar-refractivity contribution in [1.29, 1.82) is 0 Å². The molecule has 0 saturated heterocycles. The van der Waals surface area contributed by atoms with Crippen molar-refractivity contribution >= 4 is 23.2 Å². The number of carbonyl (C=O) groups excluding carboxylic acids is 2. The number of benzene rings is 1. The Kier molecular flexibility index (Phi) is 5.55. The molecular formula is C18H20N2O4S. The van der Waals surface area contributed by atoms with Crippen molar-refractivity contribution in [3.63, 3.8) is 0 Å². The summed E-state index contributed by atoms with van der Waals surface area (Å²) < 4.78 is 10.6. The first-order valence-electron chi connectivity index (χ1n) is 8.14. The third-order valence-corrected chi connectivity index (χ3v) is 4.75. The minimum Gasteiger partial charge on any atom is -0.454 e. The minimum absolute atomic E-state index is 0.0458. The maximum Gasteiger partial charge on any atom is 0.261 e. The first-order valence-corrected chi connectivity index (χ1v) is 9.02. The number of thiophene rings is 1. The molecule has 2 N–H and O–H groups in total. The molecule has 0 radical (unpaired) electrons. The number of amides is 2. The molecule has 0 aliphatic carbocycles. The highest BCUT2D eigenvalue weighted by molar-refractivity contribution is 7.12. The molecule has 1 aliphatic rings. The van der Waals surface area contributed by atoms with E-state index in [0.717, 1.165) is 11.3 Å². The number of hydrogen-bond acceptors (Lipinski definition) is 5. The lowest BCUT2D eigenvalue weighted by Crippen LogP contribution is -2.28. The molecule has 2 aromatic rings. The molecule has 1 aromatic carbocycles. The Hall–Kier alpha value is -2.54. The van der Waals surface area contributed by atoms with Gasteiger partial charge in [0.1, 0.15) is 0 Å². The second-order valence-corrected chi connectivity index (χ2v) is 6.69. The first-order chi connectivity index (χ1) is 12.1. The Labute approximate surface area is 150 Å². The number of carbonyl (C=O) groups is 2. The SMILES string of the molecule is CC(NC(=O)CCCNC(=O)c1cccs1)c1ccc2c(c1)OCO2. The average molecular weight is 360 g/mol. The van der Waals surface area contributed by atoms with Crippen molar-refractivity contribution in [2.75, 3.05) is 13.3 Å². The lowest BCUT2D eigenvalue weighted by Gasteiger charge is -2.15. The Morgan fingerprint density at radius 1 is 1.24 bits per heavy atom. The summed E-state index contributed by atoms with van der Waals surface area (Å²) in [5.74, 6) is 1.29. The molecular weight excluding hydrogens is 340 g/mol. The molecule has 6 nitrogen and oxygen atoms in total. The van der Waals surface area contributed by atoms with Crippen molar-refractivity contribution in [1.82, 2.24) is 10.6 Å². The topological polar surface area (TPSA) is 76.7 Å². The summed E-state index contributed by atoms with van der Waals surface area (Å²) in [7, 11) is 0. The molecule has 1 aromatic heterocycles. The number of ether oxygens (including phenoxy) is 2. The monoisotopic (exact) mass is 360 g/mol. The van der Waals surface area contributed by atoms with E-state index in [1.165, 1.54) is 11.3 Å². The van der Waals surface area contributed by atoms with E-state index in [2.05, 4.69) is 10.6 Å². The van der Waals surface area contributed by atoms with Gasteiger partial charge in [0.2, 0.25) is 12.7 Å². The molecule has 0 fully saturated rings. The van der Waals surface area contributed by atoms with Gasteiger partial charge in [-0.1, -0.05) is 12.1 Å². The number of rotatable bonds is 7. The number of hydrogen-bond donors (Lipinski definition) is 2. The fraction of sp³-hybridized carbons (Fsp3) is 0.333. The van der Waals surface area contributed by atoms with Crippen LogP contribution in [0.15, 0.2) is 35.7 Å². The third kappa shape index (κ3) is 4.51. The molecule has 1 unspecified atom stereocenters. The second kappa shape index (κ2) is 8.02. The predicted octanol–water partition coefficient (Wildman–Crippen LogP) is 2.86. The van der Waals surface area contributed by atoms with E-state index in [0.29, 0.717) is 30.0 Å². The summed E-state index contributed by atoms with van der Waals surface area (Å²) in [5, 5.41) is 7.63. The molecule has 2 amide bonds. The van der Waals surface area contributed by atoms with E-state index in [1.54, 1.807) is 6.07 Å². The van der Waals surface area contributed by atoms with Crippen LogP contribution in [-0.2, 0) is 4.79 Å². The highest BCUT2D eigenvalue weighted by atomic mass is 32.1. The van der Waals surface area contributed by atoms with Gasteiger partial charge in [-0.25, -0.2) is 0 Å². The average Bonchev–Trinajstić information content (AvgIpc) is 3.28. The number of fused-ring (bicyclic) bond motifs is 1. The molecule has 0 bridgehead atoms. The van der Waals surface area contributed by atoms with Gasteiger partial charge in [-0.2, -0.15) is 0 Å². The van der Waals surface area contributed by atoms with Gasteiger partial charge >= 0.3 is 0 Å². The molecule has 25 heavy (non-hydrogen) atoms. The van der Waals surface area contributed by atoms with E-state index in [1.807, 2.05) is 36.6 Å². The van der Waals surface area contributed by atoms with Crippen LogP contribution in [0, 0.1) is 0 Å². The van der Waals surface area contributed by atoms with Crippen LogP contribution in [-0.4, -0.2) is 25.2 Å². The van der Waals surface area contributed by atoms with E-state index in [-0.39, 0.29) is 24.6 Å². The zero-order valence-electron chi connectivity index (χ0n) is 13.9. The van der Waals surface area contributed by atoms with Gasteiger partial charge in [-0.3, -0.25) is 9.59 Å². The van der Waals surface area contributed by atoms with Crippen molar-refractivity contribution in [3.8, 4) is 11.5 Å². The van der Waals surface area contributed by atoms with Crippen LogP contribution in [0.3, 0.4) is 0 Å². The summed E-state index contributed by atoms with van der Waals surface area (Å²) in [6.07, 6.45) is 0.955. The molecule has 1 aliphatic heterocycles. The molecule has 7 heteroatoms. The standard InChI is InChI=1S/C18H20N2O4S/c1-12(13-6-7-14-15(10-13)24-11-23-14)20-17(21)5-2-8-19-18(22)16-4-3-9-25-16/h3-4,6-7,9-10,12H,2,5,8,11H2,1H3,(H,19,22)(H,20,21).